The lowest BCUT2D eigenvalue weighted by Gasteiger charge is -2.29. The third-order valence-corrected chi connectivity index (χ3v) is 4.79. The van der Waals surface area contributed by atoms with Gasteiger partial charge in [-0.1, -0.05) is 51.1 Å². The number of nitrogens with one attached hydrogen (secondary N) is 2. The molecule has 3 rings (SSSR count). The van der Waals surface area contributed by atoms with E-state index in [-0.39, 0.29) is 11.8 Å². The van der Waals surface area contributed by atoms with Gasteiger partial charge in [0.15, 0.2) is 5.69 Å². The van der Waals surface area contributed by atoms with Crippen LogP contribution in [0.2, 0.25) is 0 Å². The van der Waals surface area contributed by atoms with Gasteiger partial charge < -0.3 is 15.2 Å². The van der Waals surface area contributed by atoms with Crippen molar-refractivity contribution >= 4 is 18.0 Å². The Bertz CT molecular complexity index is 894. The molecule has 0 spiro atoms. The van der Waals surface area contributed by atoms with E-state index in [1.165, 1.54) is 0 Å². The van der Waals surface area contributed by atoms with Gasteiger partial charge in [0.2, 0.25) is 5.91 Å². The van der Waals surface area contributed by atoms with Crippen LogP contribution >= 0.6 is 0 Å². The van der Waals surface area contributed by atoms with Crippen molar-refractivity contribution in [3.8, 4) is 11.4 Å². The number of carbonyl (C=O) groups excluding carboxylic acids is 2. The summed E-state index contributed by atoms with van der Waals surface area (Å²) < 4.78 is 2.03. The number of amides is 2. The summed E-state index contributed by atoms with van der Waals surface area (Å²) in [6, 6.07) is 9.11. The number of nitrogens with zero attached hydrogens (tertiary/aromatic N) is 3. The highest BCUT2D eigenvalue weighted by Crippen LogP contribution is 2.25. The van der Waals surface area contributed by atoms with E-state index in [4.69, 9.17) is 0 Å². The van der Waals surface area contributed by atoms with Crippen molar-refractivity contribution in [2.45, 2.75) is 39.8 Å². The van der Waals surface area contributed by atoms with E-state index < -0.39 is 11.5 Å². The van der Waals surface area contributed by atoms with Gasteiger partial charge in [0.05, 0.1) is 5.69 Å². The second-order valence-electron chi connectivity index (χ2n) is 7.96. The molecular weight excluding hydrogens is 354 g/mol. The smallest absolute Gasteiger partial charge is 0.272 e. The molecule has 148 valence electrons. The SMILES string of the molecule is CNC(=O)C(NC(=O)c1nc(-c2ccccc2)n2c1C=NCCC2)C(C)(C)C. The first-order valence-electron chi connectivity index (χ1n) is 9.51. The fourth-order valence-corrected chi connectivity index (χ4v) is 3.29. The summed E-state index contributed by atoms with van der Waals surface area (Å²) in [6.45, 7) is 7.19. The molecule has 1 aromatic heterocycles. The molecule has 1 atom stereocenters. The number of fused-ring (bicyclic) bond motifs is 1. The van der Waals surface area contributed by atoms with Gasteiger partial charge in [-0.25, -0.2) is 4.98 Å². The summed E-state index contributed by atoms with van der Waals surface area (Å²) >= 11 is 0. The van der Waals surface area contributed by atoms with E-state index in [1.54, 1.807) is 13.3 Å². The number of hydrogen-bond acceptors (Lipinski definition) is 4. The van der Waals surface area contributed by atoms with Crippen molar-refractivity contribution in [3.63, 3.8) is 0 Å². The number of benzene rings is 1. The first-order valence-corrected chi connectivity index (χ1v) is 9.51. The third kappa shape index (κ3) is 3.98. The van der Waals surface area contributed by atoms with Gasteiger partial charge in [-0.2, -0.15) is 0 Å². The Morgan fingerprint density at radius 2 is 1.89 bits per heavy atom. The van der Waals surface area contributed by atoms with Crippen LogP contribution in [0, 0.1) is 5.41 Å². The molecular formula is C21H27N5O2. The van der Waals surface area contributed by atoms with Gasteiger partial charge in [-0.15, -0.1) is 0 Å². The Kier molecular flexibility index (Phi) is 5.63. The normalized spacial score (nSPS) is 14.7. The number of likely N-dealkylation sites (N-methyl/N-ethyl adjacent to an activating group) is 1. The van der Waals surface area contributed by atoms with Gasteiger partial charge >= 0.3 is 0 Å². The van der Waals surface area contributed by atoms with Crippen molar-refractivity contribution < 1.29 is 9.59 Å². The van der Waals surface area contributed by atoms with Gasteiger partial charge in [0.1, 0.15) is 11.9 Å². The number of carbonyl (C=O) groups is 2. The number of hydrogen-bond donors (Lipinski definition) is 2. The van der Waals surface area contributed by atoms with Crippen LogP contribution in [0.5, 0.6) is 0 Å². The van der Waals surface area contributed by atoms with E-state index in [0.717, 1.165) is 24.4 Å². The largest absolute Gasteiger partial charge is 0.357 e. The van der Waals surface area contributed by atoms with Crippen molar-refractivity contribution in [2.24, 2.45) is 10.4 Å². The van der Waals surface area contributed by atoms with Crippen LogP contribution in [-0.2, 0) is 11.3 Å². The van der Waals surface area contributed by atoms with Crippen LogP contribution < -0.4 is 10.6 Å². The summed E-state index contributed by atoms with van der Waals surface area (Å²) in [5.41, 5.74) is 1.47. The fourth-order valence-electron chi connectivity index (χ4n) is 3.29. The number of imidazole rings is 1. The number of aromatic nitrogens is 2. The quantitative estimate of drug-likeness (QED) is 0.851. The zero-order valence-electron chi connectivity index (χ0n) is 16.8. The van der Waals surface area contributed by atoms with Crippen LogP contribution in [0.25, 0.3) is 11.4 Å². The molecule has 1 aliphatic rings. The highest BCUT2D eigenvalue weighted by molar-refractivity contribution is 6.02. The Morgan fingerprint density at radius 3 is 2.54 bits per heavy atom. The van der Waals surface area contributed by atoms with Gasteiger partial charge in [-0.05, 0) is 11.8 Å². The highest BCUT2D eigenvalue weighted by atomic mass is 16.2. The minimum atomic E-state index is -0.676. The van der Waals surface area contributed by atoms with E-state index in [9.17, 15) is 9.59 Å². The monoisotopic (exact) mass is 381 g/mol. The van der Waals surface area contributed by atoms with Crippen molar-refractivity contribution in [2.75, 3.05) is 13.6 Å². The van der Waals surface area contributed by atoms with E-state index in [2.05, 4.69) is 20.6 Å². The minimum Gasteiger partial charge on any atom is -0.357 e. The van der Waals surface area contributed by atoms with Crippen LogP contribution in [-0.4, -0.2) is 47.2 Å². The Labute approximate surface area is 165 Å². The predicted octanol–water partition coefficient (Wildman–Crippen LogP) is 2.26. The summed E-state index contributed by atoms with van der Waals surface area (Å²) in [7, 11) is 1.57. The van der Waals surface area contributed by atoms with Crippen molar-refractivity contribution in [1.82, 2.24) is 20.2 Å². The standard InChI is InChI=1S/C21H27N5O2/c1-21(2,3)17(20(28)22-4)25-19(27)16-15-13-23-11-8-12-26(15)18(24-16)14-9-6-5-7-10-14/h5-7,9-10,13,17H,8,11-12H2,1-4H3,(H,22,28)(H,25,27). The summed E-state index contributed by atoms with van der Waals surface area (Å²) in [5.74, 6) is 0.132. The molecule has 28 heavy (non-hydrogen) atoms. The molecule has 1 aromatic carbocycles. The van der Waals surface area contributed by atoms with Gasteiger partial charge in [-0.3, -0.25) is 14.6 Å². The predicted molar refractivity (Wildman–Crippen MR) is 110 cm³/mol. The molecule has 0 fully saturated rings. The Hall–Kier alpha value is -2.96. The zero-order valence-corrected chi connectivity index (χ0v) is 16.8. The van der Waals surface area contributed by atoms with Gasteiger partial charge in [0.25, 0.3) is 5.91 Å². The molecule has 1 aliphatic heterocycles. The molecule has 2 amide bonds. The molecule has 7 nitrogen and oxygen atoms in total. The summed E-state index contributed by atoms with van der Waals surface area (Å²) in [4.78, 5) is 34.5. The van der Waals surface area contributed by atoms with Crippen LogP contribution in [0.3, 0.4) is 0 Å². The second kappa shape index (κ2) is 7.96. The van der Waals surface area contributed by atoms with E-state index in [0.29, 0.717) is 17.9 Å². The molecule has 0 radical (unpaired) electrons. The topological polar surface area (TPSA) is 88.4 Å². The molecule has 0 bridgehead atoms. The Morgan fingerprint density at radius 1 is 1.18 bits per heavy atom. The maximum absolute atomic E-state index is 13.1. The molecule has 0 saturated heterocycles. The average Bonchev–Trinajstić information content (AvgIpc) is 2.86. The number of rotatable bonds is 4. The minimum absolute atomic E-state index is 0.233. The van der Waals surface area contributed by atoms with Gasteiger partial charge in [0, 0.05) is 31.9 Å². The van der Waals surface area contributed by atoms with Crippen LogP contribution in [0.15, 0.2) is 35.3 Å². The zero-order chi connectivity index (χ0) is 20.3. The summed E-state index contributed by atoms with van der Waals surface area (Å²) in [6.07, 6.45) is 2.59. The molecule has 0 saturated carbocycles. The van der Waals surface area contributed by atoms with Crippen molar-refractivity contribution in [3.05, 3.63) is 41.7 Å². The highest BCUT2D eigenvalue weighted by Gasteiger charge is 2.34. The molecule has 2 N–H and O–H groups in total. The second-order valence-corrected chi connectivity index (χ2v) is 7.96. The average molecular weight is 381 g/mol. The molecule has 2 aromatic rings. The third-order valence-electron chi connectivity index (χ3n) is 4.79. The van der Waals surface area contributed by atoms with Crippen LogP contribution in [0.4, 0.5) is 0 Å². The van der Waals surface area contributed by atoms with E-state index in [1.807, 2.05) is 55.7 Å². The first-order chi connectivity index (χ1) is 13.3. The first kappa shape index (κ1) is 19.8. The fraction of sp³-hybridized carbons (Fsp3) is 0.429. The lowest BCUT2D eigenvalue weighted by molar-refractivity contribution is -0.124. The summed E-state index contributed by atoms with van der Waals surface area (Å²) in [5, 5.41) is 5.50. The molecule has 7 heteroatoms. The maximum Gasteiger partial charge on any atom is 0.272 e. The lowest BCUT2D eigenvalue weighted by Crippen LogP contribution is -2.53. The molecule has 0 aliphatic carbocycles. The van der Waals surface area contributed by atoms with Crippen LogP contribution in [0.1, 0.15) is 43.4 Å². The molecule has 2 heterocycles. The lowest BCUT2D eigenvalue weighted by atomic mass is 9.86. The van der Waals surface area contributed by atoms with E-state index >= 15 is 0 Å². The number of aliphatic imine (C=N–C) groups is 1. The van der Waals surface area contributed by atoms with Crippen molar-refractivity contribution in [1.29, 1.82) is 0 Å². The Balaban J connectivity index is 2.02. The molecule has 1 unspecified atom stereocenters. The maximum atomic E-state index is 13.1.